The van der Waals surface area contributed by atoms with Crippen molar-refractivity contribution in [3.05, 3.63) is 32.1 Å². The molecule has 26 heavy (non-hydrogen) atoms. The van der Waals surface area contributed by atoms with Gasteiger partial charge in [0.25, 0.3) is 10.9 Å². The minimum Gasteiger partial charge on any atom is -0.466 e. The van der Waals surface area contributed by atoms with Crippen molar-refractivity contribution < 1.29 is 9.53 Å². The molecule has 0 amide bonds. The number of allylic oxidation sites excluding steroid dienone is 1. The van der Waals surface area contributed by atoms with Crippen LogP contribution in [-0.4, -0.2) is 32.2 Å². The summed E-state index contributed by atoms with van der Waals surface area (Å²) < 4.78 is 5.11. The molecule has 1 atom stereocenters. The van der Waals surface area contributed by atoms with Gasteiger partial charge in [-0.05, 0) is 51.9 Å². The van der Waals surface area contributed by atoms with Gasteiger partial charge in [0.1, 0.15) is 11.4 Å². The lowest BCUT2D eigenvalue weighted by molar-refractivity contribution is -0.148. The molecule has 0 saturated carbocycles. The Kier molecular flexibility index (Phi) is 6.12. The molecular weight excluding hydrogens is 332 g/mol. The highest BCUT2D eigenvalue weighted by Gasteiger charge is 2.32. The Hall–Kier alpha value is -2.11. The van der Waals surface area contributed by atoms with Crippen LogP contribution in [0.5, 0.6) is 0 Å². The van der Waals surface area contributed by atoms with E-state index < -0.39 is 10.9 Å². The first kappa shape index (κ1) is 18.7. The van der Waals surface area contributed by atoms with E-state index in [0.717, 1.165) is 32.1 Å². The molecule has 1 N–H and O–H groups in total. The number of piperidine rings is 1. The molecule has 6 nitrogen and oxygen atoms in total. The number of anilines is 2. The van der Waals surface area contributed by atoms with Gasteiger partial charge in [0.15, 0.2) is 0 Å². The number of rotatable bonds is 7. The predicted octanol–water partition coefficient (Wildman–Crippen LogP) is 2.36. The zero-order valence-corrected chi connectivity index (χ0v) is 15.5. The summed E-state index contributed by atoms with van der Waals surface area (Å²) in [6.07, 6.45) is 9.55. The van der Waals surface area contributed by atoms with Crippen molar-refractivity contribution in [3.63, 3.8) is 0 Å². The van der Waals surface area contributed by atoms with Crippen molar-refractivity contribution in [2.45, 2.75) is 51.9 Å². The Morgan fingerprint density at radius 3 is 2.85 bits per heavy atom. The molecule has 1 aliphatic carbocycles. The van der Waals surface area contributed by atoms with Crippen LogP contribution in [0.3, 0.4) is 0 Å². The van der Waals surface area contributed by atoms with Crippen LogP contribution in [0.2, 0.25) is 0 Å². The number of ether oxygens (including phenoxy) is 1. The number of carbonyl (C=O) groups excluding carboxylic acids is 1. The van der Waals surface area contributed by atoms with Crippen LogP contribution in [-0.2, 0) is 9.53 Å². The van der Waals surface area contributed by atoms with E-state index in [1.165, 1.54) is 18.4 Å². The fourth-order valence-electron chi connectivity index (χ4n) is 3.96. The maximum absolute atomic E-state index is 12.1. The van der Waals surface area contributed by atoms with Crippen LogP contribution >= 0.6 is 0 Å². The molecule has 1 aromatic rings. The van der Waals surface area contributed by atoms with Crippen molar-refractivity contribution in [2.24, 2.45) is 5.92 Å². The summed E-state index contributed by atoms with van der Waals surface area (Å²) in [6, 6.07) is 0. The number of hydrogen-bond acceptors (Lipinski definition) is 6. The van der Waals surface area contributed by atoms with Crippen LogP contribution < -0.4 is 21.1 Å². The molecule has 0 radical (unpaired) electrons. The van der Waals surface area contributed by atoms with Crippen LogP contribution in [0, 0.1) is 5.92 Å². The van der Waals surface area contributed by atoms with Gasteiger partial charge < -0.3 is 15.0 Å². The maximum atomic E-state index is 12.1. The SMILES string of the molecule is CCOC(=O)[C@H]1CCCN(c2c(NCCC3=CCCCC3)c(=O)c2=O)C1. The van der Waals surface area contributed by atoms with E-state index in [-0.39, 0.29) is 11.9 Å². The first-order valence-electron chi connectivity index (χ1n) is 9.78. The Morgan fingerprint density at radius 2 is 2.12 bits per heavy atom. The third kappa shape index (κ3) is 4.00. The van der Waals surface area contributed by atoms with Gasteiger partial charge in [-0.15, -0.1) is 0 Å². The van der Waals surface area contributed by atoms with Crippen LogP contribution in [0.4, 0.5) is 11.4 Å². The molecule has 142 valence electrons. The van der Waals surface area contributed by atoms with Crippen LogP contribution in [0.25, 0.3) is 0 Å². The zero-order chi connectivity index (χ0) is 18.5. The van der Waals surface area contributed by atoms with Gasteiger partial charge in [0.2, 0.25) is 0 Å². The summed E-state index contributed by atoms with van der Waals surface area (Å²) in [5.41, 5.74) is 1.45. The molecule has 0 spiro atoms. The largest absolute Gasteiger partial charge is 0.466 e. The highest BCUT2D eigenvalue weighted by atomic mass is 16.5. The zero-order valence-electron chi connectivity index (χ0n) is 15.5. The summed E-state index contributed by atoms with van der Waals surface area (Å²) in [7, 11) is 0. The third-order valence-corrected chi connectivity index (χ3v) is 5.38. The number of nitrogens with zero attached hydrogens (tertiary/aromatic N) is 1. The average Bonchev–Trinajstić information content (AvgIpc) is 2.68. The number of hydrogen-bond donors (Lipinski definition) is 1. The summed E-state index contributed by atoms with van der Waals surface area (Å²) in [4.78, 5) is 38.0. The lowest BCUT2D eigenvalue weighted by Gasteiger charge is -2.34. The van der Waals surface area contributed by atoms with Crippen LogP contribution in [0.15, 0.2) is 21.2 Å². The van der Waals surface area contributed by atoms with E-state index in [9.17, 15) is 14.4 Å². The number of carbonyl (C=O) groups is 1. The topological polar surface area (TPSA) is 75.7 Å². The minimum atomic E-state index is -0.436. The Labute approximate surface area is 153 Å². The normalized spacial score (nSPS) is 20.7. The first-order chi connectivity index (χ1) is 12.6. The van der Waals surface area contributed by atoms with Crippen molar-refractivity contribution in [1.29, 1.82) is 0 Å². The second-order valence-electron chi connectivity index (χ2n) is 7.20. The molecule has 3 rings (SSSR count). The fourth-order valence-corrected chi connectivity index (χ4v) is 3.96. The summed E-state index contributed by atoms with van der Waals surface area (Å²) >= 11 is 0. The van der Waals surface area contributed by atoms with Crippen molar-refractivity contribution in [3.8, 4) is 0 Å². The van der Waals surface area contributed by atoms with Gasteiger partial charge in [-0.2, -0.15) is 0 Å². The van der Waals surface area contributed by atoms with Crippen LogP contribution in [0.1, 0.15) is 51.9 Å². The van der Waals surface area contributed by atoms with E-state index in [1.54, 1.807) is 6.92 Å². The van der Waals surface area contributed by atoms with Crippen molar-refractivity contribution in [1.82, 2.24) is 0 Å². The van der Waals surface area contributed by atoms with E-state index >= 15 is 0 Å². The molecule has 1 aromatic carbocycles. The third-order valence-electron chi connectivity index (χ3n) is 5.38. The van der Waals surface area contributed by atoms with E-state index in [2.05, 4.69) is 11.4 Å². The molecule has 0 unspecified atom stereocenters. The highest BCUT2D eigenvalue weighted by Crippen LogP contribution is 2.27. The standard InChI is InChI=1S/C20H28N2O4/c1-2-26-20(25)15-9-6-12-22(13-15)17-16(18(23)19(17)24)21-11-10-14-7-4-3-5-8-14/h7,15,21H,2-6,8-13H2,1H3/t15-/m0/s1. The molecule has 1 fully saturated rings. The molecule has 0 aromatic heterocycles. The predicted molar refractivity (Wildman–Crippen MR) is 103 cm³/mol. The van der Waals surface area contributed by atoms with E-state index in [4.69, 9.17) is 4.74 Å². The second kappa shape index (κ2) is 8.52. The van der Waals surface area contributed by atoms with Crippen molar-refractivity contribution in [2.75, 3.05) is 36.5 Å². The minimum absolute atomic E-state index is 0.213. The quantitative estimate of drug-likeness (QED) is 0.457. The molecule has 1 heterocycles. The average molecular weight is 360 g/mol. The van der Waals surface area contributed by atoms with Gasteiger partial charge in [-0.1, -0.05) is 11.6 Å². The molecule has 2 aliphatic rings. The fraction of sp³-hybridized carbons (Fsp3) is 0.650. The van der Waals surface area contributed by atoms with Gasteiger partial charge >= 0.3 is 5.97 Å². The lowest BCUT2D eigenvalue weighted by atomic mass is 9.96. The maximum Gasteiger partial charge on any atom is 0.310 e. The van der Waals surface area contributed by atoms with Gasteiger partial charge in [0, 0.05) is 19.6 Å². The molecule has 1 saturated heterocycles. The van der Waals surface area contributed by atoms with Gasteiger partial charge in [-0.3, -0.25) is 14.4 Å². The second-order valence-corrected chi connectivity index (χ2v) is 7.20. The van der Waals surface area contributed by atoms with Gasteiger partial charge in [0.05, 0.1) is 12.5 Å². The number of esters is 1. The van der Waals surface area contributed by atoms with Gasteiger partial charge in [-0.25, -0.2) is 0 Å². The summed E-state index contributed by atoms with van der Waals surface area (Å²) in [6.45, 7) is 3.96. The molecule has 0 bridgehead atoms. The summed E-state index contributed by atoms with van der Waals surface area (Å²) in [5.74, 6) is -0.442. The molecule has 1 aliphatic heterocycles. The lowest BCUT2D eigenvalue weighted by Crippen LogP contribution is -2.47. The number of nitrogens with one attached hydrogen (secondary N) is 1. The van der Waals surface area contributed by atoms with Crippen molar-refractivity contribution >= 4 is 17.3 Å². The Morgan fingerprint density at radius 1 is 1.27 bits per heavy atom. The van der Waals surface area contributed by atoms with E-state index in [0.29, 0.717) is 37.6 Å². The smallest absolute Gasteiger partial charge is 0.310 e. The summed E-state index contributed by atoms with van der Waals surface area (Å²) in [5, 5.41) is 3.17. The highest BCUT2D eigenvalue weighted by molar-refractivity contribution is 5.78. The Balaban J connectivity index is 1.62. The molecule has 6 heteroatoms. The Bertz CT molecular complexity index is 745. The monoisotopic (exact) mass is 360 g/mol. The molecular formula is C20H28N2O4. The first-order valence-corrected chi connectivity index (χ1v) is 9.78. The van der Waals surface area contributed by atoms with E-state index in [1.807, 2.05) is 4.90 Å².